The Hall–Kier alpha value is -0.890. The molecule has 2 heteroatoms. The summed E-state index contributed by atoms with van der Waals surface area (Å²) in [5, 5.41) is 0. The molecule has 1 aromatic rings. The largest absolute Gasteiger partial charge is 0.324 e. The minimum atomic E-state index is -0.184. The number of hydrogen-bond donors (Lipinski definition) is 1. The summed E-state index contributed by atoms with van der Waals surface area (Å²) in [7, 11) is 0. The van der Waals surface area contributed by atoms with Crippen molar-refractivity contribution in [3.05, 3.63) is 35.1 Å². The normalized spacial score (nSPS) is 18.7. The molecular weight excluding hydrogens is 165 g/mol. The lowest BCUT2D eigenvalue weighted by atomic mass is 9.98. The molecule has 1 nitrogen and oxygen atoms in total. The second kappa shape index (κ2) is 3.11. The van der Waals surface area contributed by atoms with Crippen LogP contribution in [0.1, 0.15) is 30.0 Å². The van der Waals surface area contributed by atoms with Gasteiger partial charge in [-0.05, 0) is 48.9 Å². The minimum absolute atomic E-state index is 0.0377. The van der Waals surface area contributed by atoms with E-state index in [1.165, 1.54) is 18.9 Å². The van der Waals surface area contributed by atoms with Crippen molar-refractivity contribution in [2.45, 2.75) is 25.8 Å². The Bertz CT molecular complexity index is 318. The van der Waals surface area contributed by atoms with Gasteiger partial charge < -0.3 is 5.73 Å². The minimum Gasteiger partial charge on any atom is -0.324 e. The van der Waals surface area contributed by atoms with Crippen molar-refractivity contribution in [3.63, 3.8) is 0 Å². The van der Waals surface area contributed by atoms with Crippen molar-refractivity contribution >= 4 is 0 Å². The Balaban J connectivity index is 2.31. The van der Waals surface area contributed by atoms with Gasteiger partial charge in [0, 0.05) is 6.04 Å². The summed E-state index contributed by atoms with van der Waals surface area (Å²) in [5.74, 6) is 0.400. The van der Waals surface area contributed by atoms with E-state index in [4.69, 9.17) is 5.73 Å². The van der Waals surface area contributed by atoms with Gasteiger partial charge in [0.25, 0.3) is 0 Å². The summed E-state index contributed by atoms with van der Waals surface area (Å²) in [6.45, 7) is 1.98. The van der Waals surface area contributed by atoms with Crippen LogP contribution in [0.25, 0.3) is 0 Å². The Morgan fingerprint density at radius 2 is 2.15 bits per heavy atom. The predicted octanol–water partition coefficient (Wildman–Crippen LogP) is 2.54. The molecule has 0 heterocycles. The summed E-state index contributed by atoms with van der Waals surface area (Å²) in [6.07, 6.45) is 2.38. The number of rotatable bonds is 2. The van der Waals surface area contributed by atoms with Crippen molar-refractivity contribution in [2.24, 2.45) is 11.7 Å². The smallest absolute Gasteiger partial charge is 0.123 e. The molecule has 1 saturated carbocycles. The van der Waals surface area contributed by atoms with Gasteiger partial charge in [0.2, 0.25) is 0 Å². The first-order valence-corrected chi connectivity index (χ1v) is 4.70. The molecule has 0 radical (unpaired) electrons. The molecule has 2 N–H and O–H groups in total. The molecule has 0 bridgehead atoms. The Labute approximate surface area is 77.8 Å². The van der Waals surface area contributed by atoms with Crippen LogP contribution in [0.5, 0.6) is 0 Å². The Kier molecular flexibility index (Phi) is 2.08. The zero-order valence-electron chi connectivity index (χ0n) is 7.76. The van der Waals surface area contributed by atoms with E-state index < -0.39 is 0 Å². The van der Waals surface area contributed by atoms with Crippen LogP contribution in [0, 0.1) is 18.7 Å². The Morgan fingerprint density at radius 3 is 2.77 bits per heavy atom. The molecular formula is C11H14FN. The molecule has 0 saturated heterocycles. The fourth-order valence-electron chi connectivity index (χ4n) is 1.68. The lowest BCUT2D eigenvalue weighted by Crippen LogP contribution is -2.13. The SMILES string of the molecule is Cc1ccc(F)cc1C(N)C1CC1. The molecule has 1 unspecified atom stereocenters. The lowest BCUT2D eigenvalue weighted by molar-refractivity contribution is 0.599. The molecule has 1 aliphatic carbocycles. The van der Waals surface area contributed by atoms with Gasteiger partial charge in [0.1, 0.15) is 5.82 Å². The van der Waals surface area contributed by atoms with E-state index in [1.807, 2.05) is 6.92 Å². The zero-order chi connectivity index (χ0) is 9.42. The first kappa shape index (κ1) is 8.70. The second-order valence-corrected chi connectivity index (χ2v) is 3.86. The number of hydrogen-bond acceptors (Lipinski definition) is 1. The van der Waals surface area contributed by atoms with Crippen LogP contribution in [-0.4, -0.2) is 0 Å². The van der Waals surface area contributed by atoms with Crippen molar-refractivity contribution in [3.8, 4) is 0 Å². The van der Waals surface area contributed by atoms with E-state index in [0.717, 1.165) is 11.1 Å². The first-order chi connectivity index (χ1) is 6.18. The molecule has 1 fully saturated rings. The van der Waals surface area contributed by atoms with E-state index in [2.05, 4.69) is 0 Å². The highest BCUT2D eigenvalue weighted by Gasteiger charge is 2.30. The van der Waals surface area contributed by atoms with E-state index >= 15 is 0 Å². The molecule has 1 aromatic carbocycles. The van der Waals surface area contributed by atoms with E-state index in [-0.39, 0.29) is 11.9 Å². The molecule has 0 amide bonds. The van der Waals surface area contributed by atoms with E-state index in [9.17, 15) is 4.39 Å². The number of benzene rings is 1. The number of nitrogens with two attached hydrogens (primary N) is 1. The Morgan fingerprint density at radius 1 is 1.46 bits per heavy atom. The molecule has 70 valence electrons. The summed E-state index contributed by atoms with van der Waals surface area (Å²) in [5.41, 5.74) is 8.08. The van der Waals surface area contributed by atoms with Crippen molar-refractivity contribution in [2.75, 3.05) is 0 Å². The average Bonchev–Trinajstić information content (AvgIpc) is 2.91. The summed E-state index contributed by atoms with van der Waals surface area (Å²) in [6, 6.07) is 4.89. The van der Waals surface area contributed by atoms with Gasteiger partial charge in [-0.25, -0.2) is 4.39 Å². The van der Waals surface area contributed by atoms with Crippen LogP contribution in [0.3, 0.4) is 0 Å². The summed E-state index contributed by atoms with van der Waals surface area (Å²) >= 11 is 0. The average molecular weight is 179 g/mol. The molecule has 1 atom stereocenters. The first-order valence-electron chi connectivity index (χ1n) is 4.70. The maximum atomic E-state index is 12.9. The van der Waals surface area contributed by atoms with Crippen molar-refractivity contribution in [1.82, 2.24) is 0 Å². The van der Waals surface area contributed by atoms with Gasteiger partial charge in [-0.2, -0.15) is 0 Å². The van der Waals surface area contributed by atoms with Crippen LogP contribution in [-0.2, 0) is 0 Å². The lowest BCUT2D eigenvalue weighted by Gasteiger charge is -2.13. The standard InChI is InChI=1S/C11H14FN/c1-7-2-5-9(12)6-10(7)11(13)8-3-4-8/h2,5-6,8,11H,3-4,13H2,1H3. The maximum absolute atomic E-state index is 12.9. The van der Waals surface area contributed by atoms with Gasteiger partial charge in [-0.15, -0.1) is 0 Å². The van der Waals surface area contributed by atoms with Crippen LogP contribution in [0.4, 0.5) is 4.39 Å². The molecule has 0 spiro atoms. The zero-order valence-corrected chi connectivity index (χ0v) is 7.76. The third-order valence-corrected chi connectivity index (χ3v) is 2.73. The molecule has 0 aromatic heterocycles. The molecule has 1 aliphatic rings. The maximum Gasteiger partial charge on any atom is 0.123 e. The summed E-state index contributed by atoms with van der Waals surface area (Å²) < 4.78 is 12.9. The quantitative estimate of drug-likeness (QED) is 0.741. The van der Waals surface area contributed by atoms with Gasteiger partial charge in [0.05, 0.1) is 0 Å². The number of halogens is 1. The van der Waals surface area contributed by atoms with E-state index in [1.54, 1.807) is 12.1 Å². The van der Waals surface area contributed by atoms with Crippen LogP contribution >= 0.6 is 0 Å². The van der Waals surface area contributed by atoms with Crippen LogP contribution < -0.4 is 5.73 Å². The van der Waals surface area contributed by atoms with Gasteiger partial charge >= 0.3 is 0 Å². The highest BCUT2D eigenvalue weighted by atomic mass is 19.1. The highest BCUT2D eigenvalue weighted by molar-refractivity contribution is 5.30. The van der Waals surface area contributed by atoms with Crippen LogP contribution in [0.15, 0.2) is 18.2 Å². The molecule has 13 heavy (non-hydrogen) atoms. The van der Waals surface area contributed by atoms with Crippen molar-refractivity contribution in [1.29, 1.82) is 0 Å². The fraction of sp³-hybridized carbons (Fsp3) is 0.455. The topological polar surface area (TPSA) is 26.0 Å². The number of aryl methyl sites for hydroxylation is 1. The van der Waals surface area contributed by atoms with Crippen molar-refractivity contribution < 1.29 is 4.39 Å². The second-order valence-electron chi connectivity index (χ2n) is 3.86. The third-order valence-electron chi connectivity index (χ3n) is 2.73. The fourth-order valence-corrected chi connectivity index (χ4v) is 1.68. The van der Waals surface area contributed by atoms with Gasteiger partial charge in [-0.3, -0.25) is 0 Å². The molecule has 0 aliphatic heterocycles. The highest BCUT2D eigenvalue weighted by Crippen LogP contribution is 2.40. The van der Waals surface area contributed by atoms with Gasteiger partial charge in [-0.1, -0.05) is 6.07 Å². The summed E-state index contributed by atoms with van der Waals surface area (Å²) in [4.78, 5) is 0. The predicted molar refractivity (Wildman–Crippen MR) is 50.8 cm³/mol. The van der Waals surface area contributed by atoms with Gasteiger partial charge in [0.15, 0.2) is 0 Å². The van der Waals surface area contributed by atoms with Crippen LogP contribution in [0.2, 0.25) is 0 Å². The van der Waals surface area contributed by atoms with E-state index in [0.29, 0.717) is 5.92 Å². The molecule has 2 rings (SSSR count). The monoisotopic (exact) mass is 179 g/mol. The third kappa shape index (κ3) is 1.73.